The summed E-state index contributed by atoms with van der Waals surface area (Å²) in [5, 5.41) is 11.9. The predicted molar refractivity (Wildman–Crippen MR) is 75.7 cm³/mol. The highest BCUT2D eigenvalue weighted by atomic mass is 35.5. The van der Waals surface area contributed by atoms with Crippen LogP contribution in [0.4, 0.5) is 0 Å². The number of amides is 1. The molecule has 0 bridgehead atoms. The Balaban J connectivity index is 2.59. The first kappa shape index (κ1) is 15.8. The lowest BCUT2D eigenvalue weighted by Crippen LogP contribution is -2.45. The lowest BCUT2D eigenvalue weighted by Gasteiger charge is -2.34. The van der Waals surface area contributed by atoms with Crippen LogP contribution in [0.3, 0.4) is 0 Å². The molecule has 6 heteroatoms. The highest BCUT2D eigenvalue weighted by molar-refractivity contribution is 6.18. The van der Waals surface area contributed by atoms with Crippen LogP contribution in [0.15, 0.2) is 11.8 Å². The van der Waals surface area contributed by atoms with Gasteiger partial charge in [-0.2, -0.15) is 5.26 Å². The number of carbonyl (C=O) groups excluding carboxylic acids is 1. The first-order chi connectivity index (χ1) is 9.10. The van der Waals surface area contributed by atoms with Crippen molar-refractivity contribution in [3.8, 4) is 6.07 Å². The van der Waals surface area contributed by atoms with E-state index in [1.54, 1.807) is 11.9 Å². The van der Waals surface area contributed by atoms with E-state index in [0.717, 1.165) is 25.9 Å². The van der Waals surface area contributed by atoms with Crippen LogP contribution in [0.2, 0.25) is 0 Å². The Hall–Kier alpha value is -1.25. The van der Waals surface area contributed by atoms with Crippen molar-refractivity contribution in [2.24, 2.45) is 0 Å². The first-order valence-electron chi connectivity index (χ1n) is 6.45. The fourth-order valence-electron chi connectivity index (χ4n) is 2.11. The van der Waals surface area contributed by atoms with Crippen molar-refractivity contribution in [1.82, 2.24) is 15.1 Å². The minimum absolute atomic E-state index is 0.131. The van der Waals surface area contributed by atoms with Crippen LogP contribution >= 0.6 is 11.6 Å². The predicted octanol–water partition coefficient (Wildman–Crippen LogP) is 0.775. The highest BCUT2D eigenvalue weighted by Crippen LogP contribution is 2.15. The number of piperidine rings is 1. The summed E-state index contributed by atoms with van der Waals surface area (Å²) in [6.07, 6.45) is 3.36. The molecule has 1 amide bonds. The van der Waals surface area contributed by atoms with Gasteiger partial charge in [-0.05, 0) is 33.0 Å². The second kappa shape index (κ2) is 8.03. The zero-order valence-electron chi connectivity index (χ0n) is 11.5. The zero-order chi connectivity index (χ0) is 14.3. The smallest absolute Gasteiger partial charge is 0.265 e. The van der Waals surface area contributed by atoms with E-state index in [1.165, 1.54) is 6.20 Å². The van der Waals surface area contributed by atoms with E-state index >= 15 is 0 Å². The van der Waals surface area contributed by atoms with Gasteiger partial charge in [-0.1, -0.05) is 0 Å². The van der Waals surface area contributed by atoms with Crippen LogP contribution in [0.5, 0.6) is 0 Å². The molecule has 0 aromatic carbocycles. The van der Waals surface area contributed by atoms with E-state index in [4.69, 9.17) is 16.9 Å². The maximum absolute atomic E-state index is 12.2. The van der Waals surface area contributed by atoms with Gasteiger partial charge in [0, 0.05) is 31.7 Å². The number of hydrogen-bond acceptors (Lipinski definition) is 4. The van der Waals surface area contributed by atoms with Crippen molar-refractivity contribution < 1.29 is 4.79 Å². The average Bonchev–Trinajstić information content (AvgIpc) is 2.43. The summed E-state index contributed by atoms with van der Waals surface area (Å²) in [4.78, 5) is 16.1. The van der Waals surface area contributed by atoms with E-state index in [9.17, 15) is 4.79 Å². The number of carbonyl (C=O) groups is 1. The lowest BCUT2D eigenvalue weighted by atomic mass is 10.0. The molecule has 0 spiro atoms. The number of halogens is 1. The Labute approximate surface area is 119 Å². The molecular formula is C13H21ClN4O. The quantitative estimate of drug-likeness (QED) is 0.351. The summed E-state index contributed by atoms with van der Waals surface area (Å²) in [6.45, 7) is 2.51. The summed E-state index contributed by atoms with van der Waals surface area (Å²) in [6, 6.07) is 2.16. The summed E-state index contributed by atoms with van der Waals surface area (Å²) in [5.41, 5.74) is 0.131. The monoisotopic (exact) mass is 284 g/mol. The second-order valence-corrected chi connectivity index (χ2v) is 5.14. The molecule has 1 saturated heterocycles. The van der Waals surface area contributed by atoms with Crippen LogP contribution in [-0.2, 0) is 4.79 Å². The molecular weight excluding hydrogens is 264 g/mol. The van der Waals surface area contributed by atoms with Gasteiger partial charge in [0.25, 0.3) is 5.91 Å². The van der Waals surface area contributed by atoms with Crippen LogP contribution in [0.1, 0.15) is 12.8 Å². The van der Waals surface area contributed by atoms with Gasteiger partial charge in [0.05, 0.1) is 0 Å². The minimum Gasteiger partial charge on any atom is -0.388 e. The number of hydrogen-bond donors (Lipinski definition) is 1. The molecule has 0 saturated carbocycles. The van der Waals surface area contributed by atoms with E-state index in [2.05, 4.69) is 17.3 Å². The van der Waals surface area contributed by atoms with Gasteiger partial charge in [-0.3, -0.25) is 4.79 Å². The normalized spacial score (nSPS) is 17.9. The molecule has 1 rings (SSSR count). The molecule has 0 atom stereocenters. The summed E-state index contributed by atoms with van der Waals surface area (Å²) >= 11 is 5.53. The van der Waals surface area contributed by atoms with Crippen molar-refractivity contribution in [3.63, 3.8) is 0 Å². The molecule has 1 aliphatic heterocycles. The van der Waals surface area contributed by atoms with Crippen molar-refractivity contribution in [1.29, 1.82) is 5.26 Å². The SMILES string of the molecule is CN1CCC(N(C)C(=O)/C(C#N)=C\NCCCl)CC1. The fraction of sp³-hybridized carbons (Fsp3) is 0.692. The average molecular weight is 285 g/mol. The number of nitriles is 1. The molecule has 0 aromatic heterocycles. The number of rotatable bonds is 5. The van der Waals surface area contributed by atoms with E-state index in [0.29, 0.717) is 12.4 Å². The van der Waals surface area contributed by atoms with Crippen LogP contribution in [0, 0.1) is 11.3 Å². The first-order valence-corrected chi connectivity index (χ1v) is 6.99. The third-order valence-electron chi connectivity index (χ3n) is 3.39. The molecule has 1 N–H and O–H groups in total. The largest absolute Gasteiger partial charge is 0.388 e. The number of likely N-dealkylation sites (N-methyl/N-ethyl adjacent to an activating group) is 1. The van der Waals surface area contributed by atoms with Gasteiger partial charge < -0.3 is 15.1 Å². The standard InChI is InChI=1S/C13H21ClN4O/c1-17-7-3-12(4-8-17)18(2)13(19)11(9-15)10-16-6-5-14/h10,12,16H,3-8H2,1-2H3/b11-10-. The fourth-order valence-corrected chi connectivity index (χ4v) is 2.22. The summed E-state index contributed by atoms with van der Waals surface area (Å²) in [5.74, 6) is 0.216. The van der Waals surface area contributed by atoms with Crippen molar-refractivity contribution in [2.75, 3.05) is 39.6 Å². The molecule has 0 aromatic rings. The molecule has 1 heterocycles. The van der Waals surface area contributed by atoms with Gasteiger partial charge >= 0.3 is 0 Å². The third-order valence-corrected chi connectivity index (χ3v) is 3.58. The molecule has 19 heavy (non-hydrogen) atoms. The van der Waals surface area contributed by atoms with Gasteiger partial charge in [0.1, 0.15) is 11.6 Å². The van der Waals surface area contributed by atoms with Crippen LogP contribution in [0.25, 0.3) is 0 Å². The Kier molecular flexibility index (Phi) is 6.68. The van der Waals surface area contributed by atoms with Gasteiger partial charge in [0.2, 0.25) is 0 Å². The molecule has 0 aliphatic carbocycles. The molecule has 1 fully saturated rings. The molecule has 106 valence electrons. The number of alkyl halides is 1. The topological polar surface area (TPSA) is 59.4 Å². The summed E-state index contributed by atoms with van der Waals surface area (Å²) in [7, 11) is 3.85. The molecule has 1 aliphatic rings. The Morgan fingerprint density at radius 3 is 2.74 bits per heavy atom. The van der Waals surface area contributed by atoms with Gasteiger partial charge in [-0.15, -0.1) is 11.6 Å². The number of likely N-dealkylation sites (tertiary alicyclic amines) is 1. The number of nitrogens with zero attached hydrogens (tertiary/aromatic N) is 3. The Bertz CT molecular complexity index is 369. The van der Waals surface area contributed by atoms with Gasteiger partial charge in [-0.25, -0.2) is 0 Å². The maximum atomic E-state index is 12.2. The number of nitrogens with one attached hydrogen (secondary N) is 1. The van der Waals surface area contributed by atoms with Crippen molar-refractivity contribution >= 4 is 17.5 Å². The lowest BCUT2D eigenvalue weighted by molar-refractivity contribution is -0.128. The zero-order valence-corrected chi connectivity index (χ0v) is 12.3. The van der Waals surface area contributed by atoms with E-state index < -0.39 is 0 Å². The maximum Gasteiger partial charge on any atom is 0.265 e. The van der Waals surface area contributed by atoms with E-state index in [-0.39, 0.29) is 17.5 Å². The molecule has 5 nitrogen and oxygen atoms in total. The van der Waals surface area contributed by atoms with Crippen molar-refractivity contribution in [3.05, 3.63) is 11.8 Å². The Morgan fingerprint density at radius 1 is 1.58 bits per heavy atom. The van der Waals surface area contributed by atoms with Crippen LogP contribution in [-0.4, -0.2) is 61.4 Å². The van der Waals surface area contributed by atoms with Crippen LogP contribution < -0.4 is 5.32 Å². The second-order valence-electron chi connectivity index (χ2n) is 4.76. The summed E-state index contributed by atoms with van der Waals surface area (Å²) < 4.78 is 0. The van der Waals surface area contributed by atoms with Gasteiger partial charge in [0.15, 0.2) is 0 Å². The molecule has 0 unspecified atom stereocenters. The van der Waals surface area contributed by atoms with Crippen molar-refractivity contribution in [2.45, 2.75) is 18.9 Å². The highest BCUT2D eigenvalue weighted by Gasteiger charge is 2.25. The third kappa shape index (κ3) is 4.73. The van der Waals surface area contributed by atoms with E-state index in [1.807, 2.05) is 6.07 Å². The Morgan fingerprint density at radius 2 is 2.21 bits per heavy atom. The molecule has 0 radical (unpaired) electrons. The minimum atomic E-state index is -0.223.